The Kier molecular flexibility index (Phi) is 3.21. The zero-order valence-electron chi connectivity index (χ0n) is 11.7. The van der Waals surface area contributed by atoms with Gasteiger partial charge in [-0.05, 0) is 37.3 Å². The highest BCUT2D eigenvalue weighted by atomic mass is 16.2. The zero-order valence-corrected chi connectivity index (χ0v) is 11.7. The molecule has 3 heteroatoms. The minimum atomic E-state index is 0.0997. The Morgan fingerprint density at radius 3 is 2.84 bits per heavy atom. The second kappa shape index (κ2) is 4.87. The Labute approximate surface area is 115 Å². The number of nitrogens with one attached hydrogen (secondary N) is 1. The Hall–Kier alpha value is -1.51. The van der Waals surface area contributed by atoms with Crippen LogP contribution in [-0.4, -0.2) is 29.9 Å². The van der Waals surface area contributed by atoms with Crippen LogP contribution in [0, 0.1) is 11.8 Å². The van der Waals surface area contributed by atoms with Gasteiger partial charge in [-0.2, -0.15) is 0 Å². The summed E-state index contributed by atoms with van der Waals surface area (Å²) in [6, 6.07) is 8.71. The van der Waals surface area contributed by atoms with E-state index < -0.39 is 0 Å². The average molecular weight is 258 g/mol. The number of fused-ring (bicyclic) bond motifs is 1. The summed E-state index contributed by atoms with van der Waals surface area (Å²) in [5, 5.41) is 3.40. The van der Waals surface area contributed by atoms with Crippen LogP contribution in [0.3, 0.4) is 0 Å². The number of anilines is 1. The molecule has 102 valence electrons. The second-order valence-electron chi connectivity index (χ2n) is 6.12. The lowest BCUT2D eigenvalue weighted by atomic mass is 9.92. The minimum absolute atomic E-state index is 0.0997. The number of carbonyl (C=O) groups excluding carboxylic acids is 1. The first-order chi connectivity index (χ1) is 9.15. The lowest BCUT2D eigenvalue weighted by Crippen LogP contribution is -2.43. The molecule has 1 aromatic rings. The number of para-hydroxylation sites is 1. The fourth-order valence-electron chi connectivity index (χ4n) is 3.46. The highest BCUT2D eigenvalue weighted by Crippen LogP contribution is 2.29. The quantitative estimate of drug-likeness (QED) is 0.839. The molecule has 0 aromatic heterocycles. The molecule has 1 amide bonds. The SMILES string of the molecule is CC1CC(C)N(C(=O)C2CNc3ccccc3C2)C1. The minimum Gasteiger partial charge on any atom is -0.384 e. The van der Waals surface area contributed by atoms with Crippen molar-refractivity contribution in [2.45, 2.75) is 32.7 Å². The number of carbonyl (C=O) groups is 1. The van der Waals surface area contributed by atoms with Gasteiger partial charge < -0.3 is 10.2 Å². The molecule has 19 heavy (non-hydrogen) atoms. The van der Waals surface area contributed by atoms with Crippen molar-refractivity contribution in [3.8, 4) is 0 Å². The smallest absolute Gasteiger partial charge is 0.228 e. The number of hydrogen-bond donors (Lipinski definition) is 1. The molecule has 1 saturated heterocycles. The molecule has 1 aromatic carbocycles. The lowest BCUT2D eigenvalue weighted by Gasteiger charge is -2.31. The molecule has 3 unspecified atom stereocenters. The van der Waals surface area contributed by atoms with Gasteiger partial charge in [0, 0.05) is 24.8 Å². The topological polar surface area (TPSA) is 32.3 Å². The van der Waals surface area contributed by atoms with E-state index in [1.807, 2.05) is 12.1 Å². The fraction of sp³-hybridized carbons (Fsp3) is 0.562. The van der Waals surface area contributed by atoms with E-state index in [0.29, 0.717) is 17.9 Å². The van der Waals surface area contributed by atoms with Crippen molar-refractivity contribution in [1.29, 1.82) is 0 Å². The van der Waals surface area contributed by atoms with Gasteiger partial charge in [-0.15, -0.1) is 0 Å². The van der Waals surface area contributed by atoms with Crippen LogP contribution in [0.5, 0.6) is 0 Å². The van der Waals surface area contributed by atoms with Crippen LogP contribution >= 0.6 is 0 Å². The van der Waals surface area contributed by atoms with Crippen molar-refractivity contribution in [3.05, 3.63) is 29.8 Å². The summed E-state index contributed by atoms with van der Waals surface area (Å²) in [4.78, 5) is 14.7. The van der Waals surface area contributed by atoms with E-state index in [1.54, 1.807) is 0 Å². The second-order valence-corrected chi connectivity index (χ2v) is 6.12. The summed E-state index contributed by atoms with van der Waals surface area (Å²) in [7, 11) is 0. The van der Waals surface area contributed by atoms with E-state index in [9.17, 15) is 4.79 Å². The lowest BCUT2D eigenvalue weighted by molar-refractivity contribution is -0.135. The summed E-state index contributed by atoms with van der Waals surface area (Å²) >= 11 is 0. The average Bonchev–Trinajstić information content (AvgIpc) is 2.76. The van der Waals surface area contributed by atoms with Gasteiger partial charge in [0.15, 0.2) is 0 Å². The van der Waals surface area contributed by atoms with Gasteiger partial charge in [0.1, 0.15) is 0 Å². The molecule has 2 aliphatic rings. The number of nitrogens with zero attached hydrogens (tertiary/aromatic N) is 1. The predicted octanol–water partition coefficient (Wildman–Crippen LogP) is 2.53. The van der Waals surface area contributed by atoms with Gasteiger partial charge in [-0.25, -0.2) is 0 Å². The van der Waals surface area contributed by atoms with Gasteiger partial charge in [0.2, 0.25) is 5.91 Å². The molecule has 0 spiro atoms. The van der Waals surface area contributed by atoms with Gasteiger partial charge >= 0.3 is 0 Å². The van der Waals surface area contributed by atoms with Crippen LogP contribution in [0.1, 0.15) is 25.8 Å². The molecule has 1 fully saturated rings. The molecule has 3 nitrogen and oxygen atoms in total. The molecule has 1 N–H and O–H groups in total. The molecular formula is C16H22N2O. The fourth-order valence-corrected chi connectivity index (χ4v) is 3.46. The zero-order chi connectivity index (χ0) is 13.4. The molecule has 3 atom stereocenters. The van der Waals surface area contributed by atoms with Gasteiger partial charge in [-0.1, -0.05) is 25.1 Å². The monoisotopic (exact) mass is 258 g/mol. The normalized spacial score (nSPS) is 29.8. The first kappa shape index (κ1) is 12.5. The number of likely N-dealkylation sites (tertiary alicyclic amines) is 1. The maximum absolute atomic E-state index is 12.7. The first-order valence-electron chi connectivity index (χ1n) is 7.27. The van der Waals surface area contributed by atoms with Crippen LogP contribution in [-0.2, 0) is 11.2 Å². The molecule has 0 bridgehead atoms. The summed E-state index contributed by atoms with van der Waals surface area (Å²) in [5.74, 6) is 1.07. The maximum atomic E-state index is 12.7. The Balaban J connectivity index is 1.73. The van der Waals surface area contributed by atoms with E-state index in [2.05, 4.69) is 36.2 Å². The van der Waals surface area contributed by atoms with Crippen molar-refractivity contribution in [3.63, 3.8) is 0 Å². The van der Waals surface area contributed by atoms with Crippen LogP contribution in [0.2, 0.25) is 0 Å². The van der Waals surface area contributed by atoms with Crippen LogP contribution in [0.15, 0.2) is 24.3 Å². The van der Waals surface area contributed by atoms with Crippen LogP contribution in [0.25, 0.3) is 0 Å². The van der Waals surface area contributed by atoms with Crippen molar-refractivity contribution in [1.82, 2.24) is 4.90 Å². The van der Waals surface area contributed by atoms with Gasteiger partial charge in [0.25, 0.3) is 0 Å². The van der Waals surface area contributed by atoms with Gasteiger partial charge in [0.05, 0.1) is 5.92 Å². The summed E-state index contributed by atoms with van der Waals surface area (Å²) in [6.45, 7) is 6.11. The van der Waals surface area contributed by atoms with Crippen molar-refractivity contribution in [2.24, 2.45) is 11.8 Å². The Morgan fingerprint density at radius 2 is 2.11 bits per heavy atom. The highest BCUT2D eigenvalue weighted by molar-refractivity contribution is 5.81. The summed E-state index contributed by atoms with van der Waals surface area (Å²) in [6.07, 6.45) is 2.02. The standard InChI is InChI=1S/C16H22N2O/c1-11-7-12(2)18(10-11)16(19)14-8-13-5-3-4-6-15(13)17-9-14/h3-6,11-12,14,17H,7-10H2,1-2H3. The number of benzene rings is 1. The summed E-state index contributed by atoms with van der Waals surface area (Å²) < 4.78 is 0. The third-order valence-corrected chi connectivity index (χ3v) is 4.44. The highest BCUT2D eigenvalue weighted by Gasteiger charge is 2.35. The van der Waals surface area contributed by atoms with Crippen molar-refractivity contribution >= 4 is 11.6 Å². The molecular weight excluding hydrogens is 236 g/mol. The number of hydrogen-bond acceptors (Lipinski definition) is 2. The number of rotatable bonds is 1. The maximum Gasteiger partial charge on any atom is 0.228 e. The van der Waals surface area contributed by atoms with E-state index in [-0.39, 0.29) is 5.92 Å². The third-order valence-electron chi connectivity index (χ3n) is 4.44. The first-order valence-corrected chi connectivity index (χ1v) is 7.27. The molecule has 0 saturated carbocycles. The Morgan fingerprint density at radius 1 is 1.32 bits per heavy atom. The molecule has 0 aliphatic carbocycles. The molecule has 2 heterocycles. The molecule has 3 rings (SSSR count). The van der Waals surface area contributed by atoms with E-state index in [4.69, 9.17) is 0 Å². The largest absolute Gasteiger partial charge is 0.384 e. The van der Waals surface area contributed by atoms with Crippen molar-refractivity contribution in [2.75, 3.05) is 18.4 Å². The predicted molar refractivity (Wildman–Crippen MR) is 77.1 cm³/mol. The third kappa shape index (κ3) is 2.34. The molecule has 0 radical (unpaired) electrons. The number of amides is 1. The van der Waals surface area contributed by atoms with E-state index in [0.717, 1.165) is 25.9 Å². The molecule has 2 aliphatic heterocycles. The van der Waals surface area contributed by atoms with Gasteiger partial charge in [-0.3, -0.25) is 4.79 Å². The summed E-state index contributed by atoms with van der Waals surface area (Å²) in [5.41, 5.74) is 2.46. The van der Waals surface area contributed by atoms with Crippen LogP contribution in [0.4, 0.5) is 5.69 Å². The van der Waals surface area contributed by atoms with E-state index >= 15 is 0 Å². The van der Waals surface area contributed by atoms with Crippen LogP contribution < -0.4 is 5.32 Å². The Bertz CT molecular complexity index is 485. The van der Waals surface area contributed by atoms with Crippen molar-refractivity contribution < 1.29 is 4.79 Å². The van der Waals surface area contributed by atoms with E-state index in [1.165, 1.54) is 11.3 Å².